The number of ether oxygens (including phenoxy) is 1. The first-order chi connectivity index (χ1) is 6.63. The Morgan fingerprint density at radius 3 is 2.71 bits per heavy atom. The molecule has 1 rings (SSSR count). The predicted molar refractivity (Wildman–Crippen MR) is 59.3 cm³/mol. The first-order valence-electron chi connectivity index (χ1n) is 3.93. The van der Waals surface area contributed by atoms with Crippen LogP contribution in [0.3, 0.4) is 0 Å². The van der Waals surface area contributed by atoms with Gasteiger partial charge >= 0.3 is 5.30 Å². The maximum Gasteiger partial charge on any atom is 0.372 e. The zero-order chi connectivity index (χ0) is 10.6. The molecule has 0 aromatic heterocycles. The van der Waals surface area contributed by atoms with Crippen LogP contribution < -0.4 is 0 Å². The molecule has 0 amide bonds. The second kappa shape index (κ2) is 5.49. The van der Waals surface area contributed by atoms with Crippen LogP contribution in [0, 0.1) is 0 Å². The van der Waals surface area contributed by atoms with E-state index >= 15 is 0 Å². The van der Waals surface area contributed by atoms with Crippen molar-refractivity contribution in [3.05, 3.63) is 28.2 Å². The molecule has 0 spiro atoms. The molecule has 0 unspecified atom stereocenters. The second-order valence-corrected chi connectivity index (χ2v) is 4.18. The minimum Gasteiger partial charge on any atom is -0.458 e. The summed E-state index contributed by atoms with van der Waals surface area (Å²) in [5.74, 6) is 0. The van der Waals surface area contributed by atoms with Crippen molar-refractivity contribution in [2.45, 2.75) is 11.8 Å². The minimum atomic E-state index is -0.342. The van der Waals surface area contributed by atoms with Crippen molar-refractivity contribution in [3.8, 4) is 0 Å². The highest BCUT2D eigenvalue weighted by atomic mass is 35.5. The molecule has 1 aromatic rings. The van der Waals surface area contributed by atoms with Gasteiger partial charge in [0.25, 0.3) is 0 Å². The van der Waals surface area contributed by atoms with Gasteiger partial charge in [-0.25, -0.2) is 4.79 Å². The molecule has 0 bridgehead atoms. The lowest BCUT2D eigenvalue weighted by molar-refractivity contribution is 0.181. The fraction of sp³-hybridized carbons (Fsp3) is 0.222. The molecule has 0 aliphatic heterocycles. The van der Waals surface area contributed by atoms with Crippen LogP contribution in [0.25, 0.3) is 0 Å². The number of rotatable bonds is 2. The fourth-order valence-corrected chi connectivity index (χ4v) is 1.83. The molecule has 14 heavy (non-hydrogen) atoms. The first kappa shape index (κ1) is 11.7. The van der Waals surface area contributed by atoms with E-state index in [2.05, 4.69) is 0 Å². The van der Waals surface area contributed by atoms with Gasteiger partial charge in [0.15, 0.2) is 0 Å². The predicted octanol–water partition coefficient (Wildman–Crippen LogP) is 4.24. The Bertz CT molecular complexity index is 342. The molecular formula is C9H8Cl2O2S. The van der Waals surface area contributed by atoms with E-state index in [1.165, 1.54) is 0 Å². The molecule has 0 radical (unpaired) electrons. The number of thioether (sulfide) groups is 1. The molecule has 0 saturated carbocycles. The summed E-state index contributed by atoms with van der Waals surface area (Å²) in [5, 5.41) is 0.562. The molecular weight excluding hydrogens is 243 g/mol. The largest absolute Gasteiger partial charge is 0.458 e. The Labute approximate surface area is 96.5 Å². The van der Waals surface area contributed by atoms with Crippen LogP contribution in [0.4, 0.5) is 4.79 Å². The molecule has 0 aliphatic rings. The van der Waals surface area contributed by atoms with Crippen molar-refractivity contribution in [1.82, 2.24) is 0 Å². The summed E-state index contributed by atoms with van der Waals surface area (Å²) in [7, 11) is 0. The molecule has 0 N–H and O–H groups in total. The molecule has 5 heteroatoms. The van der Waals surface area contributed by atoms with E-state index in [1.54, 1.807) is 25.1 Å². The van der Waals surface area contributed by atoms with Gasteiger partial charge in [0.2, 0.25) is 0 Å². The lowest BCUT2D eigenvalue weighted by Gasteiger charge is -2.02. The Morgan fingerprint density at radius 2 is 2.14 bits per heavy atom. The Hall–Kier alpha value is -0.380. The normalized spacial score (nSPS) is 9.93. The third-order valence-electron chi connectivity index (χ3n) is 1.35. The summed E-state index contributed by atoms with van der Waals surface area (Å²) in [6.45, 7) is 2.13. The van der Waals surface area contributed by atoms with Gasteiger partial charge in [-0.2, -0.15) is 0 Å². The van der Waals surface area contributed by atoms with Gasteiger partial charge in [-0.05, 0) is 36.9 Å². The Morgan fingerprint density at radius 1 is 1.43 bits per heavy atom. The topological polar surface area (TPSA) is 26.3 Å². The third kappa shape index (κ3) is 3.40. The highest BCUT2D eigenvalue weighted by molar-refractivity contribution is 8.13. The molecule has 0 aliphatic carbocycles. The molecule has 0 atom stereocenters. The van der Waals surface area contributed by atoms with E-state index in [1.807, 2.05) is 0 Å². The highest BCUT2D eigenvalue weighted by Gasteiger charge is 2.06. The van der Waals surface area contributed by atoms with Gasteiger partial charge in [0.1, 0.15) is 0 Å². The highest BCUT2D eigenvalue weighted by Crippen LogP contribution is 2.28. The maximum atomic E-state index is 11.1. The number of carbonyl (C=O) groups excluding carboxylic acids is 1. The van der Waals surface area contributed by atoms with Crippen LogP contribution in [0.5, 0.6) is 0 Å². The van der Waals surface area contributed by atoms with E-state index < -0.39 is 0 Å². The van der Waals surface area contributed by atoms with Gasteiger partial charge in [0.05, 0.1) is 16.7 Å². The summed E-state index contributed by atoms with van der Waals surface area (Å²) in [6.07, 6.45) is 0. The average molecular weight is 251 g/mol. The SMILES string of the molecule is CCOC(=O)Sc1ccc(Cl)c(Cl)c1. The summed E-state index contributed by atoms with van der Waals surface area (Å²) in [6, 6.07) is 4.99. The summed E-state index contributed by atoms with van der Waals surface area (Å²) < 4.78 is 4.76. The number of benzene rings is 1. The van der Waals surface area contributed by atoms with Crippen molar-refractivity contribution >= 4 is 40.3 Å². The number of carbonyl (C=O) groups is 1. The third-order valence-corrected chi connectivity index (χ3v) is 2.87. The first-order valence-corrected chi connectivity index (χ1v) is 5.50. The van der Waals surface area contributed by atoms with Crippen LogP contribution >= 0.6 is 35.0 Å². The fourth-order valence-electron chi connectivity index (χ4n) is 0.784. The standard InChI is InChI=1S/C9H8Cl2O2S/c1-2-13-9(12)14-6-3-4-7(10)8(11)5-6/h3-5H,2H2,1H3. The monoisotopic (exact) mass is 250 g/mol. The molecule has 1 aromatic carbocycles. The van der Waals surface area contributed by atoms with E-state index in [9.17, 15) is 4.79 Å². The van der Waals surface area contributed by atoms with Crippen LogP contribution in [0.1, 0.15) is 6.92 Å². The average Bonchev–Trinajstić information content (AvgIpc) is 2.12. The molecule has 76 valence electrons. The molecule has 0 fully saturated rings. The zero-order valence-corrected chi connectivity index (χ0v) is 9.75. The molecule has 0 heterocycles. The quantitative estimate of drug-likeness (QED) is 0.580. The van der Waals surface area contributed by atoms with E-state index in [0.717, 1.165) is 16.7 Å². The minimum absolute atomic E-state index is 0.342. The van der Waals surface area contributed by atoms with Crippen molar-refractivity contribution in [3.63, 3.8) is 0 Å². The van der Waals surface area contributed by atoms with Gasteiger partial charge in [-0.15, -0.1) is 0 Å². The maximum absolute atomic E-state index is 11.1. The van der Waals surface area contributed by atoms with Crippen LogP contribution in [-0.2, 0) is 4.74 Å². The lowest BCUT2D eigenvalue weighted by Crippen LogP contribution is -1.95. The van der Waals surface area contributed by atoms with Gasteiger partial charge in [-0.3, -0.25) is 0 Å². The van der Waals surface area contributed by atoms with Gasteiger partial charge in [-0.1, -0.05) is 23.2 Å². The summed E-state index contributed by atoms with van der Waals surface area (Å²) in [4.78, 5) is 11.8. The molecule has 0 saturated heterocycles. The summed E-state index contributed by atoms with van der Waals surface area (Å²) >= 11 is 12.5. The molecule has 2 nitrogen and oxygen atoms in total. The lowest BCUT2D eigenvalue weighted by atomic mass is 10.4. The Balaban J connectivity index is 2.68. The van der Waals surface area contributed by atoms with Crippen LogP contribution in [-0.4, -0.2) is 11.9 Å². The second-order valence-electron chi connectivity index (χ2n) is 2.36. The Kier molecular flexibility index (Phi) is 4.58. The van der Waals surface area contributed by atoms with E-state index in [4.69, 9.17) is 27.9 Å². The van der Waals surface area contributed by atoms with Crippen LogP contribution in [0.15, 0.2) is 23.1 Å². The zero-order valence-electron chi connectivity index (χ0n) is 7.42. The summed E-state index contributed by atoms with van der Waals surface area (Å²) in [5.41, 5.74) is 0. The van der Waals surface area contributed by atoms with E-state index in [-0.39, 0.29) is 5.30 Å². The van der Waals surface area contributed by atoms with Gasteiger partial charge < -0.3 is 4.74 Å². The number of halogens is 2. The number of hydrogen-bond acceptors (Lipinski definition) is 3. The van der Waals surface area contributed by atoms with Crippen molar-refractivity contribution < 1.29 is 9.53 Å². The smallest absolute Gasteiger partial charge is 0.372 e. The van der Waals surface area contributed by atoms with Crippen molar-refractivity contribution in [1.29, 1.82) is 0 Å². The van der Waals surface area contributed by atoms with Gasteiger partial charge in [0, 0.05) is 4.90 Å². The van der Waals surface area contributed by atoms with Crippen LogP contribution in [0.2, 0.25) is 10.0 Å². The number of hydrogen-bond donors (Lipinski definition) is 0. The van der Waals surface area contributed by atoms with E-state index in [0.29, 0.717) is 16.7 Å². The van der Waals surface area contributed by atoms with Crippen molar-refractivity contribution in [2.24, 2.45) is 0 Å². The van der Waals surface area contributed by atoms with Crippen molar-refractivity contribution in [2.75, 3.05) is 6.61 Å².